The van der Waals surface area contributed by atoms with Crippen LogP contribution in [0, 0.1) is 6.04 Å². The van der Waals surface area contributed by atoms with E-state index in [1.165, 1.54) is 32.0 Å². The van der Waals surface area contributed by atoms with Gasteiger partial charge in [-0.15, -0.1) is 0 Å². The average molecular weight is 127 g/mol. The molecule has 0 aromatic heterocycles. The van der Waals surface area contributed by atoms with Crippen molar-refractivity contribution in [3.05, 3.63) is 6.04 Å². The smallest absolute Gasteiger partial charge is 0.0458 e. The molecule has 0 bridgehead atoms. The molecule has 1 fully saturated rings. The predicted octanol–water partition coefficient (Wildman–Crippen LogP) is 1.16. The van der Waals surface area contributed by atoms with Gasteiger partial charge in [0.15, 0.2) is 0 Å². The number of nitrogens with one attached hydrogen (secondary N) is 1. The fourth-order valence-corrected chi connectivity index (χ4v) is 1.15. The molecular weight excluding hydrogens is 112 g/mol. The Morgan fingerprint density at radius 1 is 1.22 bits per heavy atom. The average Bonchev–Trinajstić information content (AvgIpc) is 2.15. The molecule has 0 amide bonds. The molecule has 0 aromatic carbocycles. The molecule has 0 spiro atoms. The van der Waals surface area contributed by atoms with Crippen molar-refractivity contribution in [3.63, 3.8) is 0 Å². The van der Waals surface area contributed by atoms with E-state index in [1.807, 2.05) is 0 Å². The lowest BCUT2D eigenvalue weighted by molar-refractivity contribution is 0.245. The first-order valence-electron chi connectivity index (χ1n) is 3.61. The molecule has 2 nitrogen and oxygen atoms in total. The van der Waals surface area contributed by atoms with Crippen LogP contribution >= 0.6 is 0 Å². The van der Waals surface area contributed by atoms with Crippen LogP contribution in [0.3, 0.4) is 0 Å². The van der Waals surface area contributed by atoms with E-state index in [2.05, 4.69) is 24.3 Å². The summed E-state index contributed by atoms with van der Waals surface area (Å²) in [4.78, 5) is 0. The maximum absolute atomic E-state index is 3.29. The highest BCUT2D eigenvalue weighted by Gasteiger charge is 2.10. The molecule has 0 unspecified atom stereocenters. The van der Waals surface area contributed by atoms with Crippen molar-refractivity contribution in [2.75, 3.05) is 13.1 Å². The summed E-state index contributed by atoms with van der Waals surface area (Å²) in [6.07, 6.45) is 2.70. The van der Waals surface area contributed by atoms with E-state index in [0.717, 1.165) is 0 Å². The summed E-state index contributed by atoms with van der Waals surface area (Å²) in [6.45, 7) is 6.62. The largest absolute Gasteiger partial charge is 0.248 e. The summed E-state index contributed by atoms with van der Waals surface area (Å²) in [5.74, 6) is 0. The SMILES string of the molecule is C[C](C)NN1CCCC1. The number of hydrazine groups is 1. The van der Waals surface area contributed by atoms with Crippen molar-refractivity contribution in [3.8, 4) is 0 Å². The molecule has 1 aliphatic heterocycles. The van der Waals surface area contributed by atoms with E-state index >= 15 is 0 Å². The van der Waals surface area contributed by atoms with Crippen LogP contribution in [0.5, 0.6) is 0 Å². The van der Waals surface area contributed by atoms with E-state index in [4.69, 9.17) is 0 Å². The van der Waals surface area contributed by atoms with E-state index in [1.54, 1.807) is 0 Å². The highest BCUT2D eigenvalue weighted by atomic mass is 15.5. The van der Waals surface area contributed by atoms with Crippen LogP contribution in [-0.4, -0.2) is 18.1 Å². The molecule has 1 heterocycles. The molecule has 1 radical (unpaired) electrons. The molecule has 1 saturated heterocycles. The zero-order valence-corrected chi connectivity index (χ0v) is 6.28. The Bertz CT molecular complexity index is 75.0. The Labute approximate surface area is 57.2 Å². The van der Waals surface area contributed by atoms with Gasteiger partial charge in [-0.05, 0) is 26.7 Å². The summed E-state index contributed by atoms with van der Waals surface area (Å²) in [5, 5.41) is 2.27. The molecule has 2 heteroatoms. The molecule has 1 rings (SSSR count). The summed E-state index contributed by atoms with van der Waals surface area (Å²) >= 11 is 0. The van der Waals surface area contributed by atoms with Gasteiger partial charge in [0.2, 0.25) is 0 Å². The molecule has 0 saturated carbocycles. The van der Waals surface area contributed by atoms with E-state index in [0.29, 0.717) is 0 Å². The first kappa shape index (κ1) is 7.03. The van der Waals surface area contributed by atoms with Crippen LogP contribution in [0.25, 0.3) is 0 Å². The number of rotatable bonds is 2. The lowest BCUT2D eigenvalue weighted by atomic mass is 10.4. The number of hydrogen-bond donors (Lipinski definition) is 1. The van der Waals surface area contributed by atoms with Crippen LogP contribution in [0.15, 0.2) is 0 Å². The summed E-state index contributed by atoms with van der Waals surface area (Å²) < 4.78 is 0. The molecule has 9 heavy (non-hydrogen) atoms. The van der Waals surface area contributed by atoms with Crippen LogP contribution in [0.1, 0.15) is 26.7 Å². The monoisotopic (exact) mass is 127 g/mol. The minimum atomic E-state index is 1.21. The van der Waals surface area contributed by atoms with E-state index < -0.39 is 0 Å². The third kappa shape index (κ3) is 2.33. The Kier molecular flexibility index (Phi) is 2.49. The third-order valence-electron chi connectivity index (χ3n) is 1.49. The summed E-state index contributed by atoms with van der Waals surface area (Å²) in [7, 11) is 0. The highest BCUT2D eigenvalue weighted by molar-refractivity contribution is 4.73. The van der Waals surface area contributed by atoms with Gasteiger partial charge in [0.05, 0.1) is 0 Å². The van der Waals surface area contributed by atoms with Crippen LogP contribution in [-0.2, 0) is 0 Å². The molecular formula is C7H15N2. The highest BCUT2D eigenvalue weighted by Crippen LogP contribution is 2.05. The third-order valence-corrected chi connectivity index (χ3v) is 1.49. The van der Waals surface area contributed by atoms with E-state index in [-0.39, 0.29) is 0 Å². The van der Waals surface area contributed by atoms with Gasteiger partial charge >= 0.3 is 0 Å². The van der Waals surface area contributed by atoms with Gasteiger partial charge in [-0.25, -0.2) is 10.4 Å². The Balaban J connectivity index is 2.11. The molecule has 1 aliphatic rings. The lowest BCUT2D eigenvalue weighted by Gasteiger charge is -2.18. The Hall–Kier alpha value is -0.0800. The van der Waals surface area contributed by atoms with Gasteiger partial charge in [-0.3, -0.25) is 0 Å². The second-order valence-electron chi connectivity index (χ2n) is 2.81. The summed E-state index contributed by atoms with van der Waals surface area (Å²) in [6, 6.07) is 1.29. The topological polar surface area (TPSA) is 15.3 Å². The second kappa shape index (κ2) is 3.18. The Morgan fingerprint density at radius 2 is 1.78 bits per heavy atom. The lowest BCUT2D eigenvalue weighted by Crippen LogP contribution is -2.35. The summed E-state index contributed by atoms with van der Waals surface area (Å²) in [5.41, 5.74) is 3.29. The number of hydrogen-bond acceptors (Lipinski definition) is 2. The van der Waals surface area contributed by atoms with Gasteiger partial charge in [-0.1, -0.05) is 0 Å². The molecule has 1 N–H and O–H groups in total. The van der Waals surface area contributed by atoms with Crippen molar-refractivity contribution in [2.45, 2.75) is 26.7 Å². The molecule has 53 valence electrons. The van der Waals surface area contributed by atoms with Gasteiger partial charge in [0.25, 0.3) is 0 Å². The molecule has 0 aromatic rings. The van der Waals surface area contributed by atoms with Crippen molar-refractivity contribution in [2.24, 2.45) is 0 Å². The van der Waals surface area contributed by atoms with Gasteiger partial charge < -0.3 is 0 Å². The van der Waals surface area contributed by atoms with Crippen molar-refractivity contribution in [1.82, 2.24) is 10.4 Å². The van der Waals surface area contributed by atoms with Crippen molar-refractivity contribution < 1.29 is 0 Å². The first-order valence-corrected chi connectivity index (χ1v) is 3.61. The minimum Gasteiger partial charge on any atom is -0.248 e. The first-order chi connectivity index (χ1) is 4.29. The van der Waals surface area contributed by atoms with Crippen LogP contribution in [0.4, 0.5) is 0 Å². The maximum atomic E-state index is 3.29. The maximum Gasteiger partial charge on any atom is 0.0458 e. The van der Waals surface area contributed by atoms with E-state index in [9.17, 15) is 0 Å². The normalized spacial score (nSPS) is 21.7. The zero-order chi connectivity index (χ0) is 6.69. The van der Waals surface area contributed by atoms with Crippen LogP contribution < -0.4 is 5.43 Å². The van der Waals surface area contributed by atoms with Gasteiger partial charge in [0.1, 0.15) is 0 Å². The van der Waals surface area contributed by atoms with Crippen molar-refractivity contribution >= 4 is 0 Å². The molecule has 0 atom stereocenters. The molecule has 0 aliphatic carbocycles. The van der Waals surface area contributed by atoms with Crippen LogP contribution in [0.2, 0.25) is 0 Å². The fourth-order valence-electron chi connectivity index (χ4n) is 1.15. The second-order valence-corrected chi connectivity index (χ2v) is 2.81. The quantitative estimate of drug-likeness (QED) is 0.598. The van der Waals surface area contributed by atoms with Gasteiger partial charge in [0, 0.05) is 19.1 Å². The zero-order valence-electron chi connectivity index (χ0n) is 6.28. The minimum absolute atomic E-state index is 1.21. The number of nitrogens with zero attached hydrogens (tertiary/aromatic N) is 1. The fraction of sp³-hybridized carbons (Fsp3) is 0.857. The standard InChI is InChI=1S/C7H15N2/c1-7(2)8-9-5-3-4-6-9/h8H,3-6H2,1-2H3. The van der Waals surface area contributed by atoms with Crippen molar-refractivity contribution in [1.29, 1.82) is 0 Å². The van der Waals surface area contributed by atoms with Gasteiger partial charge in [-0.2, -0.15) is 0 Å². The predicted molar refractivity (Wildman–Crippen MR) is 38.5 cm³/mol. The Morgan fingerprint density at radius 3 is 2.22 bits per heavy atom.